The molecule has 3 nitrogen and oxygen atoms in total. The molecule has 1 atom stereocenters. The van der Waals surface area contributed by atoms with E-state index < -0.39 is 0 Å². The Morgan fingerprint density at radius 2 is 1.90 bits per heavy atom. The standard InChI is InChI=1S/C17H19NO2/c19-17-18(12-11-14-7-3-1-4-8-14)16(13-20-17)15-9-5-2-6-10-15/h2,5-6,9-10,12,16H,1,3-4,7-8,13H2/t16-/m0/s1. The fourth-order valence-corrected chi connectivity index (χ4v) is 2.79. The summed E-state index contributed by atoms with van der Waals surface area (Å²) in [5, 5.41) is 0. The fourth-order valence-electron chi connectivity index (χ4n) is 2.79. The van der Waals surface area contributed by atoms with Crippen LogP contribution in [0.4, 0.5) is 4.79 Å². The van der Waals surface area contributed by atoms with Gasteiger partial charge in [0.1, 0.15) is 6.61 Å². The van der Waals surface area contributed by atoms with Gasteiger partial charge in [-0.05, 0) is 36.8 Å². The van der Waals surface area contributed by atoms with E-state index >= 15 is 0 Å². The molecule has 1 saturated heterocycles. The van der Waals surface area contributed by atoms with E-state index in [1.807, 2.05) is 30.3 Å². The van der Waals surface area contributed by atoms with Gasteiger partial charge in [-0.25, -0.2) is 4.79 Å². The first-order chi connectivity index (χ1) is 9.84. The van der Waals surface area contributed by atoms with Crippen LogP contribution in [0.2, 0.25) is 0 Å². The summed E-state index contributed by atoms with van der Waals surface area (Å²) in [6.45, 7) is 0.413. The largest absolute Gasteiger partial charge is 0.447 e. The Kier molecular flexibility index (Phi) is 3.89. The van der Waals surface area contributed by atoms with Gasteiger partial charge in [-0.2, -0.15) is 0 Å². The Balaban J connectivity index is 1.82. The highest BCUT2D eigenvalue weighted by atomic mass is 16.6. The fraction of sp³-hybridized carbons (Fsp3) is 0.412. The first-order valence-corrected chi connectivity index (χ1v) is 7.29. The Morgan fingerprint density at radius 1 is 1.15 bits per heavy atom. The highest BCUT2D eigenvalue weighted by molar-refractivity contribution is 5.71. The molecular weight excluding hydrogens is 250 g/mol. The van der Waals surface area contributed by atoms with Crippen molar-refractivity contribution >= 4 is 6.09 Å². The average molecular weight is 269 g/mol. The molecule has 0 radical (unpaired) electrons. The lowest BCUT2D eigenvalue weighted by Gasteiger charge is -2.17. The summed E-state index contributed by atoms with van der Waals surface area (Å²) in [6, 6.07) is 9.98. The molecule has 1 saturated carbocycles. The van der Waals surface area contributed by atoms with Gasteiger partial charge in [0.05, 0.1) is 12.2 Å². The minimum Gasteiger partial charge on any atom is -0.447 e. The zero-order valence-electron chi connectivity index (χ0n) is 11.5. The van der Waals surface area contributed by atoms with Crippen molar-refractivity contribution in [3.8, 4) is 0 Å². The third-order valence-electron chi connectivity index (χ3n) is 3.96. The van der Waals surface area contributed by atoms with Gasteiger partial charge in [0.2, 0.25) is 0 Å². The summed E-state index contributed by atoms with van der Waals surface area (Å²) in [5.74, 6) is 0. The highest BCUT2D eigenvalue weighted by Crippen LogP contribution is 2.28. The van der Waals surface area contributed by atoms with Crippen molar-refractivity contribution in [2.24, 2.45) is 0 Å². The van der Waals surface area contributed by atoms with Crippen molar-refractivity contribution in [1.82, 2.24) is 4.90 Å². The summed E-state index contributed by atoms with van der Waals surface area (Å²) < 4.78 is 5.18. The molecule has 1 aliphatic carbocycles. The summed E-state index contributed by atoms with van der Waals surface area (Å²) >= 11 is 0. The quantitative estimate of drug-likeness (QED) is 0.754. The van der Waals surface area contributed by atoms with E-state index in [1.54, 1.807) is 11.1 Å². The van der Waals surface area contributed by atoms with E-state index in [-0.39, 0.29) is 12.1 Å². The minimum atomic E-state index is -0.275. The van der Waals surface area contributed by atoms with Crippen molar-refractivity contribution in [2.45, 2.75) is 38.1 Å². The van der Waals surface area contributed by atoms with E-state index in [2.05, 4.69) is 5.73 Å². The molecule has 0 aromatic heterocycles. The first-order valence-electron chi connectivity index (χ1n) is 7.29. The summed E-state index contributed by atoms with van der Waals surface area (Å²) in [5.41, 5.74) is 5.73. The van der Waals surface area contributed by atoms with Crippen LogP contribution in [-0.2, 0) is 4.74 Å². The van der Waals surface area contributed by atoms with Crippen LogP contribution in [0.5, 0.6) is 0 Å². The smallest absolute Gasteiger partial charge is 0.415 e. The van der Waals surface area contributed by atoms with Crippen LogP contribution in [0.3, 0.4) is 0 Å². The molecule has 1 aliphatic heterocycles. The number of carbonyl (C=O) groups is 1. The molecule has 3 rings (SSSR count). The number of hydrogen-bond acceptors (Lipinski definition) is 2. The van der Waals surface area contributed by atoms with E-state index in [0.717, 1.165) is 18.4 Å². The van der Waals surface area contributed by atoms with Crippen molar-refractivity contribution in [3.63, 3.8) is 0 Å². The number of ether oxygens (including phenoxy) is 1. The highest BCUT2D eigenvalue weighted by Gasteiger charge is 2.32. The van der Waals surface area contributed by atoms with Crippen LogP contribution in [0.1, 0.15) is 43.7 Å². The second-order valence-electron chi connectivity index (χ2n) is 5.35. The zero-order chi connectivity index (χ0) is 13.8. The van der Waals surface area contributed by atoms with Gasteiger partial charge >= 0.3 is 6.09 Å². The number of hydrogen-bond donors (Lipinski definition) is 0. The lowest BCUT2D eigenvalue weighted by atomic mass is 9.96. The maximum atomic E-state index is 11.9. The van der Waals surface area contributed by atoms with Crippen LogP contribution in [-0.4, -0.2) is 17.6 Å². The maximum absolute atomic E-state index is 11.9. The number of amides is 1. The lowest BCUT2D eigenvalue weighted by molar-refractivity contribution is 0.166. The minimum absolute atomic E-state index is 0.0274. The van der Waals surface area contributed by atoms with Gasteiger partial charge in [0.25, 0.3) is 0 Å². The van der Waals surface area contributed by atoms with Gasteiger partial charge in [0, 0.05) is 0 Å². The number of benzene rings is 1. The molecule has 1 aromatic carbocycles. The van der Waals surface area contributed by atoms with E-state index in [1.165, 1.54) is 24.8 Å². The Bertz CT molecular complexity index is 535. The number of cyclic esters (lactones) is 1. The molecule has 0 N–H and O–H groups in total. The molecule has 2 fully saturated rings. The molecule has 1 heterocycles. The Labute approximate surface area is 119 Å². The van der Waals surface area contributed by atoms with Gasteiger partial charge in [-0.15, -0.1) is 5.73 Å². The lowest BCUT2D eigenvalue weighted by Crippen LogP contribution is -2.21. The number of nitrogens with zero attached hydrogens (tertiary/aromatic N) is 1. The van der Waals surface area contributed by atoms with Crippen molar-refractivity contribution in [1.29, 1.82) is 0 Å². The predicted octanol–water partition coefficient (Wildman–Crippen LogP) is 4.18. The SMILES string of the molecule is O=C1OC[C@@H](c2ccccc2)N1C=C=C1CCCCC1. The van der Waals surface area contributed by atoms with Gasteiger partial charge in [-0.1, -0.05) is 36.8 Å². The predicted molar refractivity (Wildman–Crippen MR) is 77.1 cm³/mol. The van der Waals surface area contributed by atoms with Gasteiger partial charge in [0.15, 0.2) is 0 Å². The molecule has 1 amide bonds. The Morgan fingerprint density at radius 3 is 2.65 bits per heavy atom. The monoisotopic (exact) mass is 269 g/mol. The van der Waals surface area contributed by atoms with Crippen LogP contribution in [0.15, 0.2) is 47.8 Å². The third-order valence-corrected chi connectivity index (χ3v) is 3.96. The zero-order valence-corrected chi connectivity index (χ0v) is 11.5. The molecule has 20 heavy (non-hydrogen) atoms. The average Bonchev–Trinajstić information content (AvgIpc) is 2.88. The molecule has 1 aromatic rings. The van der Waals surface area contributed by atoms with E-state index in [4.69, 9.17) is 4.74 Å². The molecule has 0 spiro atoms. The molecule has 3 heteroatoms. The maximum Gasteiger partial charge on any atom is 0.415 e. The van der Waals surface area contributed by atoms with Gasteiger partial charge < -0.3 is 4.74 Å². The normalized spacial score (nSPS) is 22.4. The van der Waals surface area contributed by atoms with Crippen LogP contribution >= 0.6 is 0 Å². The molecular formula is C17H19NO2. The third kappa shape index (κ3) is 2.78. The van der Waals surface area contributed by atoms with E-state index in [0.29, 0.717) is 6.61 Å². The second kappa shape index (κ2) is 5.98. The van der Waals surface area contributed by atoms with Crippen LogP contribution < -0.4 is 0 Å². The molecule has 0 bridgehead atoms. The number of allylic oxidation sites excluding steroid dienone is 1. The summed E-state index contributed by atoms with van der Waals surface area (Å²) in [6.07, 6.45) is 7.51. The summed E-state index contributed by atoms with van der Waals surface area (Å²) in [7, 11) is 0. The number of carbonyl (C=O) groups excluding carboxylic acids is 1. The van der Waals surface area contributed by atoms with Crippen molar-refractivity contribution < 1.29 is 9.53 Å². The molecule has 0 unspecified atom stereocenters. The molecule has 2 aliphatic rings. The Hall–Kier alpha value is -1.99. The molecule has 104 valence electrons. The van der Waals surface area contributed by atoms with E-state index in [9.17, 15) is 4.79 Å². The van der Waals surface area contributed by atoms with Crippen molar-refractivity contribution in [3.05, 3.63) is 53.4 Å². The second-order valence-corrected chi connectivity index (χ2v) is 5.35. The van der Waals surface area contributed by atoms with Crippen LogP contribution in [0.25, 0.3) is 0 Å². The number of rotatable bonds is 2. The van der Waals surface area contributed by atoms with Gasteiger partial charge in [-0.3, -0.25) is 4.90 Å². The summed E-state index contributed by atoms with van der Waals surface area (Å²) in [4.78, 5) is 13.5. The topological polar surface area (TPSA) is 29.5 Å². The first kappa shape index (κ1) is 13.0. The van der Waals surface area contributed by atoms with Crippen molar-refractivity contribution in [2.75, 3.05) is 6.61 Å². The van der Waals surface area contributed by atoms with Crippen LogP contribution in [0, 0.1) is 0 Å².